The predicted molar refractivity (Wildman–Crippen MR) is 77.0 cm³/mol. The Morgan fingerprint density at radius 2 is 2.29 bits per heavy atom. The SMILES string of the molecule is CCNc1cccc(C(=O)NCc2cn[nH]c2)c1[N+](=O)[O-]. The van der Waals surface area contributed by atoms with E-state index >= 15 is 0 Å². The van der Waals surface area contributed by atoms with Gasteiger partial charge in [-0.15, -0.1) is 0 Å². The fourth-order valence-corrected chi connectivity index (χ4v) is 1.91. The third kappa shape index (κ3) is 3.35. The molecule has 0 saturated carbocycles. The first-order chi connectivity index (χ1) is 10.1. The van der Waals surface area contributed by atoms with Crippen molar-refractivity contribution in [1.82, 2.24) is 15.5 Å². The van der Waals surface area contributed by atoms with Crippen molar-refractivity contribution < 1.29 is 9.72 Å². The summed E-state index contributed by atoms with van der Waals surface area (Å²) in [6.45, 7) is 2.61. The predicted octanol–water partition coefficient (Wildman–Crippen LogP) is 1.68. The summed E-state index contributed by atoms with van der Waals surface area (Å²) in [5.41, 5.74) is 0.929. The normalized spacial score (nSPS) is 10.1. The van der Waals surface area contributed by atoms with E-state index in [-0.39, 0.29) is 17.8 Å². The van der Waals surface area contributed by atoms with E-state index < -0.39 is 10.8 Å². The van der Waals surface area contributed by atoms with Crippen LogP contribution in [0.2, 0.25) is 0 Å². The number of nitro benzene ring substituents is 1. The standard InChI is InChI=1S/C13H15N5O3/c1-2-14-11-5-3-4-10(12(11)18(20)21)13(19)15-6-9-7-16-17-8-9/h3-5,7-8,14H,2,6H2,1H3,(H,15,19)(H,16,17). The lowest BCUT2D eigenvalue weighted by molar-refractivity contribution is -0.384. The van der Waals surface area contributed by atoms with Crippen molar-refractivity contribution in [3.63, 3.8) is 0 Å². The number of H-pyrrole nitrogens is 1. The van der Waals surface area contributed by atoms with Crippen LogP contribution >= 0.6 is 0 Å². The Balaban J connectivity index is 2.23. The van der Waals surface area contributed by atoms with E-state index in [0.29, 0.717) is 12.2 Å². The molecule has 0 fully saturated rings. The summed E-state index contributed by atoms with van der Waals surface area (Å²) in [6.07, 6.45) is 3.22. The fourth-order valence-electron chi connectivity index (χ4n) is 1.91. The maximum Gasteiger partial charge on any atom is 0.305 e. The quantitative estimate of drug-likeness (QED) is 0.553. The maximum absolute atomic E-state index is 12.1. The van der Waals surface area contributed by atoms with E-state index in [4.69, 9.17) is 0 Å². The average molecular weight is 289 g/mol. The van der Waals surface area contributed by atoms with Crippen LogP contribution in [0.1, 0.15) is 22.8 Å². The Morgan fingerprint density at radius 1 is 1.48 bits per heavy atom. The number of anilines is 1. The number of aromatic nitrogens is 2. The molecule has 1 aromatic carbocycles. The highest BCUT2D eigenvalue weighted by Gasteiger charge is 2.24. The van der Waals surface area contributed by atoms with Crippen molar-refractivity contribution in [3.05, 3.63) is 51.8 Å². The number of para-hydroxylation sites is 1. The van der Waals surface area contributed by atoms with Gasteiger partial charge in [0.25, 0.3) is 5.91 Å². The second-order valence-electron chi connectivity index (χ2n) is 4.28. The fraction of sp³-hybridized carbons (Fsp3) is 0.231. The van der Waals surface area contributed by atoms with Crippen molar-refractivity contribution in [2.24, 2.45) is 0 Å². The van der Waals surface area contributed by atoms with E-state index in [0.717, 1.165) is 5.56 Å². The van der Waals surface area contributed by atoms with Gasteiger partial charge < -0.3 is 10.6 Å². The summed E-state index contributed by atoms with van der Waals surface area (Å²) < 4.78 is 0. The molecule has 0 aliphatic heterocycles. The van der Waals surface area contributed by atoms with Gasteiger partial charge in [0.1, 0.15) is 11.3 Å². The van der Waals surface area contributed by atoms with Gasteiger partial charge in [-0.25, -0.2) is 0 Å². The summed E-state index contributed by atoms with van der Waals surface area (Å²) in [5, 5.41) is 23.1. The highest BCUT2D eigenvalue weighted by molar-refractivity contribution is 6.00. The molecule has 1 heterocycles. The van der Waals surface area contributed by atoms with Gasteiger partial charge in [-0.3, -0.25) is 20.0 Å². The molecule has 0 atom stereocenters. The third-order valence-corrected chi connectivity index (χ3v) is 2.84. The molecule has 0 aliphatic rings. The zero-order valence-corrected chi connectivity index (χ0v) is 11.4. The topological polar surface area (TPSA) is 113 Å². The van der Waals surface area contributed by atoms with Crippen LogP contribution in [0.15, 0.2) is 30.6 Å². The highest BCUT2D eigenvalue weighted by atomic mass is 16.6. The van der Waals surface area contributed by atoms with E-state index in [1.807, 2.05) is 6.92 Å². The van der Waals surface area contributed by atoms with Gasteiger partial charge in [0, 0.05) is 24.8 Å². The number of aromatic amines is 1. The first kappa shape index (κ1) is 14.5. The number of nitrogens with zero attached hydrogens (tertiary/aromatic N) is 2. The molecule has 0 bridgehead atoms. The van der Waals surface area contributed by atoms with Crippen LogP contribution < -0.4 is 10.6 Å². The molecular weight excluding hydrogens is 274 g/mol. The lowest BCUT2D eigenvalue weighted by Crippen LogP contribution is -2.23. The van der Waals surface area contributed by atoms with E-state index in [9.17, 15) is 14.9 Å². The molecule has 110 valence electrons. The number of hydrogen-bond acceptors (Lipinski definition) is 5. The molecule has 1 amide bonds. The largest absolute Gasteiger partial charge is 0.380 e. The van der Waals surface area contributed by atoms with Gasteiger partial charge in [0.2, 0.25) is 0 Å². The first-order valence-corrected chi connectivity index (χ1v) is 6.40. The van der Waals surface area contributed by atoms with Gasteiger partial charge in [0.15, 0.2) is 0 Å². The minimum absolute atomic E-state index is 0.0296. The highest BCUT2D eigenvalue weighted by Crippen LogP contribution is 2.28. The Kier molecular flexibility index (Phi) is 4.50. The van der Waals surface area contributed by atoms with Gasteiger partial charge >= 0.3 is 5.69 Å². The summed E-state index contributed by atoms with van der Waals surface area (Å²) in [4.78, 5) is 22.8. The summed E-state index contributed by atoms with van der Waals surface area (Å²) in [5.74, 6) is -0.498. The lowest BCUT2D eigenvalue weighted by Gasteiger charge is -2.09. The van der Waals surface area contributed by atoms with E-state index in [2.05, 4.69) is 20.8 Å². The smallest absolute Gasteiger partial charge is 0.305 e. The van der Waals surface area contributed by atoms with Gasteiger partial charge in [-0.2, -0.15) is 5.10 Å². The molecule has 21 heavy (non-hydrogen) atoms. The second kappa shape index (κ2) is 6.51. The Morgan fingerprint density at radius 3 is 2.90 bits per heavy atom. The minimum atomic E-state index is -0.551. The monoisotopic (exact) mass is 289 g/mol. The van der Waals surface area contributed by atoms with E-state index in [1.54, 1.807) is 24.5 Å². The van der Waals surface area contributed by atoms with Crippen LogP contribution in [0.5, 0.6) is 0 Å². The van der Waals surface area contributed by atoms with Crippen LogP contribution in [0.4, 0.5) is 11.4 Å². The van der Waals surface area contributed by atoms with Crippen LogP contribution in [-0.2, 0) is 6.54 Å². The van der Waals surface area contributed by atoms with Crippen molar-refractivity contribution in [3.8, 4) is 0 Å². The number of nitro groups is 1. The van der Waals surface area contributed by atoms with Crippen LogP contribution in [0, 0.1) is 10.1 Å². The Hall–Kier alpha value is -2.90. The molecule has 0 aliphatic carbocycles. The van der Waals surface area contributed by atoms with Crippen molar-refractivity contribution in [1.29, 1.82) is 0 Å². The minimum Gasteiger partial charge on any atom is -0.380 e. The number of benzene rings is 1. The Labute approximate surface area is 120 Å². The molecule has 0 spiro atoms. The molecule has 2 aromatic rings. The van der Waals surface area contributed by atoms with Gasteiger partial charge in [-0.1, -0.05) is 6.07 Å². The molecule has 8 nitrogen and oxygen atoms in total. The molecule has 0 saturated heterocycles. The van der Waals surface area contributed by atoms with Gasteiger partial charge in [-0.05, 0) is 19.1 Å². The molecule has 8 heteroatoms. The molecular formula is C13H15N5O3. The Bertz CT molecular complexity index is 639. The number of carbonyl (C=O) groups is 1. The number of amides is 1. The molecule has 1 aromatic heterocycles. The van der Waals surface area contributed by atoms with Crippen molar-refractivity contribution >= 4 is 17.3 Å². The summed E-state index contributed by atoms with van der Waals surface area (Å²) in [6, 6.07) is 4.62. The molecule has 3 N–H and O–H groups in total. The number of nitrogens with one attached hydrogen (secondary N) is 3. The second-order valence-corrected chi connectivity index (χ2v) is 4.28. The zero-order chi connectivity index (χ0) is 15.2. The molecule has 2 rings (SSSR count). The number of hydrogen-bond donors (Lipinski definition) is 3. The van der Waals surface area contributed by atoms with Crippen molar-refractivity contribution in [2.75, 3.05) is 11.9 Å². The first-order valence-electron chi connectivity index (χ1n) is 6.40. The number of carbonyl (C=O) groups excluding carboxylic acids is 1. The zero-order valence-electron chi connectivity index (χ0n) is 11.4. The average Bonchev–Trinajstić information content (AvgIpc) is 2.98. The van der Waals surface area contributed by atoms with E-state index in [1.165, 1.54) is 6.07 Å². The number of rotatable bonds is 6. The van der Waals surface area contributed by atoms with Gasteiger partial charge in [0.05, 0.1) is 11.1 Å². The maximum atomic E-state index is 12.1. The van der Waals surface area contributed by atoms with Crippen LogP contribution in [-0.4, -0.2) is 27.6 Å². The summed E-state index contributed by atoms with van der Waals surface area (Å²) >= 11 is 0. The third-order valence-electron chi connectivity index (χ3n) is 2.84. The van der Waals surface area contributed by atoms with Crippen LogP contribution in [0.25, 0.3) is 0 Å². The lowest BCUT2D eigenvalue weighted by atomic mass is 10.1. The molecule has 0 radical (unpaired) electrons. The summed E-state index contributed by atoms with van der Waals surface area (Å²) in [7, 11) is 0. The molecule has 0 unspecified atom stereocenters. The van der Waals surface area contributed by atoms with Crippen molar-refractivity contribution in [2.45, 2.75) is 13.5 Å². The van der Waals surface area contributed by atoms with Crippen LogP contribution in [0.3, 0.4) is 0 Å².